The number of anilines is 2. The first-order valence-corrected chi connectivity index (χ1v) is 12.8. The molecule has 2 aromatic rings. The highest BCUT2D eigenvalue weighted by Crippen LogP contribution is 2.26. The molecule has 12 heteroatoms. The van der Waals surface area contributed by atoms with Gasteiger partial charge in [0.05, 0.1) is 30.4 Å². The van der Waals surface area contributed by atoms with Crippen molar-refractivity contribution in [1.29, 1.82) is 5.41 Å². The molecule has 0 saturated carbocycles. The normalized spacial score (nSPS) is 16.3. The Bertz CT molecular complexity index is 1130. The van der Waals surface area contributed by atoms with Gasteiger partial charge in [-0.25, -0.2) is 14.4 Å². The molecule has 0 radical (unpaired) electrons. The average molecular weight is 528 g/mol. The summed E-state index contributed by atoms with van der Waals surface area (Å²) in [5.74, 6) is -0.878. The average Bonchev–Trinajstić information content (AvgIpc) is 2.91. The van der Waals surface area contributed by atoms with E-state index in [1.807, 2.05) is 9.80 Å². The Hall–Kier alpha value is -3.96. The van der Waals surface area contributed by atoms with Crippen molar-refractivity contribution in [2.45, 2.75) is 32.8 Å². The van der Waals surface area contributed by atoms with Crippen LogP contribution in [0.25, 0.3) is 0 Å². The Morgan fingerprint density at radius 1 is 1.08 bits per heavy atom. The summed E-state index contributed by atoms with van der Waals surface area (Å²) in [6, 6.07) is 5.36. The van der Waals surface area contributed by atoms with Crippen LogP contribution in [0.3, 0.4) is 0 Å². The van der Waals surface area contributed by atoms with E-state index in [4.69, 9.17) is 20.6 Å². The van der Waals surface area contributed by atoms with Crippen molar-refractivity contribution in [2.24, 2.45) is 11.7 Å². The molecular weight excluding hydrogens is 493 g/mol. The number of rotatable bonds is 9. The second-order valence-electron chi connectivity index (χ2n) is 9.57. The maximum Gasteiger partial charge on any atom is 0.316 e. The minimum absolute atomic E-state index is 0.118. The van der Waals surface area contributed by atoms with Gasteiger partial charge in [0.1, 0.15) is 18.9 Å². The zero-order valence-electron chi connectivity index (χ0n) is 21.6. The van der Waals surface area contributed by atoms with Gasteiger partial charge in [0.25, 0.3) is 0 Å². The number of esters is 1. The minimum Gasteiger partial charge on any atom is -0.463 e. The number of carbonyl (C=O) groups is 2. The minimum atomic E-state index is -0.662. The molecule has 38 heavy (non-hydrogen) atoms. The molecule has 1 aromatic carbocycles. The Kier molecular flexibility index (Phi) is 8.93. The third-order valence-electron chi connectivity index (χ3n) is 6.89. The lowest BCUT2D eigenvalue weighted by molar-refractivity contribution is -0.143. The monoisotopic (exact) mass is 527 g/mol. The Balaban J connectivity index is 1.25. The van der Waals surface area contributed by atoms with Crippen LogP contribution >= 0.6 is 0 Å². The number of ether oxygens (including phenoxy) is 2. The van der Waals surface area contributed by atoms with Gasteiger partial charge in [0.2, 0.25) is 5.91 Å². The number of nitrogens with zero attached hydrogens (tertiary/aromatic N) is 5. The fraction of sp³-hybridized carbons (Fsp3) is 0.500. The number of piperazine rings is 1. The van der Waals surface area contributed by atoms with Gasteiger partial charge in [0, 0.05) is 51.8 Å². The van der Waals surface area contributed by atoms with Crippen LogP contribution < -0.4 is 20.3 Å². The van der Waals surface area contributed by atoms with Crippen LogP contribution in [0, 0.1) is 17.1 Å². The molecule has 4 rings (SSSR count). The zero-order valence-corrected chi connectivity index (χ0v) is 21.6. The molecule has 3 N–H and O–H groups in total. The molecule has 0 spiro atoms. The van der Waals surface area contributed by atoms with E-state index in [9.17, 15) is 9.59 Å². The van der Waals surface area contributed by atoms with Gasteiger partial charge in [0.15, 0.2) is 5.82 Å². The fourth-order valence-electron chi connectivity index (χ4n) is 4.65. The van der Waals surface area contributed by atoms with E-state index in [1.54, 1.807) is 37.5 Å². The summed E-state index contributed by atoms with van der Waals surface area (Å²) in [6.07, 6.45) is 4.99. The van der Waals surface area contributed by atoms with Crippen molar-refractivity contribution >= 4 is 29.1 Å². The third-order valence-corrected chi connectivity index (χ3v) is 6.89. The Morgan fingerprint density at radius 2 is 1.74 bits per heavy atom. The number of piperidine rings is 1. The molecule has 1 amide bonds. The van der Waals surface area contributed by atoms with Crippen LogP contribution in [0.2, 0.25) is 0 Å². The van der Waals surface area contributed by atoms with Crippen molar-refractivity contribution in [1.82, 2.24) is 14.9 Å². The van der Waals surface area contributed by atoms with Gasteiger partial charge in [-0.2, -0.15) is 0 Å². The zero-order chi connectivity index (χ0) is 27.1. The Morgan fingerprint density at radius 3 is 2.37 bits per heavy atom. The number of carbonyl (C=O) groups excluding carboxylic acids is 2. The number of hydrogen-bond acceptors (Lipinski definition) is 9. The van der Waals surface area contributed by atoms with Crippen LogP contribution in [-0.4, -0.2) is 78.5 Å². The standard InChI is InChI=1S/C26H34FN7O4/c1-18(35)32-7-5-19(6-8-32)16-38-26-30-14-21(15-31-26)33-9-11-34(12-10-33)22-4-2-3-20(25(22)27)17-37-24(36)13-23(28)29/h2-4,14-15,19H,5-13,16-17H2,1H3,(H3,28,29). The highest BCUT2D eigenvalue weighted by Gasteiger charge is 2.23. The van der Waals surface area contributed by atoms with Gasteiger partial charge in [-0.05, 0) is 24.8 Å². The number of nitrogens with two attached hydrogens (primary N) is 1. The van der Waals surface area contributed by atoms with Crippen LogP contribution in [-0.2, 0) is 20.9 Å². The topological polar surface area (TPSA) is 138 Å². The number of nitrogens with one attached hydrogen (secondary N) is 1. The van der Waals surface area contributed by atoms with Crippen molar-refractivity contribution in [3.05, 3.63) is 42.0 Å². The molecular formula is C26H34FN7O4. The Labute approximate surface area is 221 Å². The number of aromatic nitrogens is 2. The van der Waals surface area contributed by atoms with Gasteiger partial charge >= 0.3 is 12.0 Å². The SMILES string of the molecule is CC(=O)N1CCC(COc2ncc(N3CCN(c4cccc(COC(=O)CC(=N)N)c4F)CC3)cn2)CC1. The summed E-state index contributed by atoms with van der Waals surface area (Å²) < 4.78 is 26.0. The van der Waals surface area contributed by atoms with E-state index >= 15 is 4.39 Å². The van der Waals surface area contributed by atoms with E-state index in [0.29, 0.717) is 50.4 Å². The first-order chi connectivity index (χ1) is 18.3. The molecule has 0 bridgehead atoms. The lowest BCUT2D eigenvalue weighted by atomic mass is 9.98. The molecule has 204 valence electrons. The number of halogens is 1. The van der Waals surface area contributed by atoms with Crippen LogP contribution in [0.4, 0.5) is 15.8 Å². The number of benzene rings is 1. The number of likely N-dealkylation sites (tertiary alicyclic amines) is 1. The maximum absolute atomic E-state index is 15.1. The first-order valence-electron chi connectivity index (χ1n) is 12.8. The molecule has 2 aliphatic rings. The number of amides is 1. The predicted molar refractivity (Wildman–Crippen MR) is 140 cm³/mol. The van der Waals surface area contributed by atoms with E-state index in [0.717, 1.165) is 31.6 Å². The summed E-state index contributed by atoms with van der Waals surface area (Å²) in [5.41, 5.74) is 6.81. The quantitative estimate of drug-likeness (QED) is 0.285. The number of amidine groups is 1. The molecule has 0 atom stereocenters. The van der Waals surface area contributed by atoms with E-state index in [-0.39, 0.29) is 30.3 Å². The van der Waals surface area contributed by atoms with Gasteiger partial charge in [-0.3, -0.25) is 15.0 Å². The van der Waals surface area contributed by atoms with Crippen LogP contribution in [0.15, 0.2) is 30.6 Å². The molecule has 2 aliphatic heterocycles. The van der Waals surface area contributed by atoms with Gasteiger partial charge in [-0.1, -0.05) is 12.1 Å². The lowest BCUT2D eigenvalue weighted by Gasteiger charge is -2.37. The molecule has 3 heterocycles. The second-order valence-corrected chi connectivity index (χ2v) is 9.57. The third kappa shape index (κ3) is 7.08. The molecule has 2 fully saturated rings. The fourth-order valence-corrected chi connectivity index (χ4v) is 4.65. The second kappa shape index (κ2) is 12.5. The number of hydrogen-bond donors (Lipinski definition) is 2. The predicted octanol–water partition coefficient (Wildman–Crippen LogP) is 1.95. The maximum atomic E-state index is 15.1. The van der Waals surface area contributed by atoms with Crippen molar-refractivity contribution in [3.8, 4) is 6.01 Å². The van der Waals surface area contributed by atoms with E-state index in [1.165, 1.54) is 0 Å². The van der Waals surface area contributed by atoms with Crippen LogP contribution in [0.1, 0.15) is 31.7 Å². The van der Waals surface area contributed by atoms with E-state index < -0.39 is 11.8 Å². The molecule has 11 nitrogen and oxygen atoms in total. The smallest absolute Gasteiger partial charge is 0.316 e. The molecule has 0 unspecified atom stereocenters. The summed E-state index contributed by atoms with van der Waals surface area (Å²) in [5, 5.41) is 7.15. The molecule has 2 saturated heterocycles. The van der Waals surface area contributed by atoms with E-state index in [2.05, 4.69) is 14.9 Å². The summed E-state index contributed by atoms with van der Waals surface area (Å²) >= 11 is 0. The summed E-state index contributed by atoms with van der Waals surface area (Å²) in [4.78, 5) is 37.8. The summed E-state index contributed by atoms with van der Waals surface area (Å²) in [6.45, 7) is 5.97. The van der Waals surface area contributed by atoms with Crippen molar-refractivity contribution in [3.63, 3.8) is 0 Å². The highest BCUT2D eigenvalue weighted by atomic mass is 19.1. The highest BCUT2D eigenvalue weighted by molar-refractivity contribution is 5.94. The van der Waals surface area contributed by atoms with Crippen molar-refractivity contribution in [2.75, 3.05) is 55.7 Å². The van der Waals surface area contributed by atoms with Crippen molar-refractivity contribution < 1.29 is 23.5 Å². The largest absolute Gasteiger partial charge is 0.463 e. The first kappa shape index (κ1) is 27.1. The molecule has 1 aromatic heterocycles. The lowest BCUT2D eigenvalue weighted by Crippen LogP contribution is -2.47. The van der Waals surface area contributed by atoms with Gasteiger partial charge < -0.3 is 29.9 Å². The summed E-state index contributed by atoms with van der Waals surface area (Å²) in [7, 11) is 0. The van der Waals surface area contributed by atoms with Crippen LogP contribution in [0.5, 0.6) is 6.01 Å². The molecule has 0 aliphatic carbocycles. The van der Waals surface area contributed by atoms with Gasteiger partial charge in [-0.15, -0.1) is 0 Å².